The van der Waals surface area contributed by atoms with E-state index >= 15 is 0 Å². The van der Waals surface area contributed by atoms with E-state index in [1.54, 1.807) is 7.05 Å². The largest absolute Gasteiger partial charge is 0.573 e. The van der Waals surface area contributed by atoms with E-state index in [4.69, 9.17) is 4.74 Å². The van der Waals surface area contributed by atoms with E-state index in [0.29, 0.717) is 5.56 Å². The average molecular weight is 400 g/mol. The minimum absolute atomic E-state index is 0.0867. The standard InChI is InChI=1S/C17H19F3N4O4/c1-23(16(26)13-9-24(2)22-15(13)27-3)10-14(25)21-8-11-4-6-12(7-5-11)28-17(18,19)20/h4-7,9H,8,10H2,1-3H3,(H,21,25). The molecule has 0 atom stereocenters. The van der Waals surface area contributed by atoms with Crippen molar-refractivity contribution < 1.29 is 32.2 Å². The van der Waals surface area contributed by atoms with Gasteiger partial charge in [0.2, 0.25) is 11.8 Å². The molecule has 11 heteroatoms. The fourth-order valence-electron chi connectivity index (χ4n) is 2.32. The second kappa shape index (κ2) is 8.63. The Labute approximate surface area is 158 Å². The van der Waals surface area contributed by atoms with E-state index in [1.165, 1.54) is 42.1 Å². The van der Waals surface area contributed by atoms with Crippen LogP contribution >= 0.6 is 0 Å². The highest BCUT2D eigenvalue weighted by molar-refractivity contribution is 5.98. The van der Waals surface area contributed by atoms with Crippen LogP contribution in [0, 0.1) is 0 Å². The van der Waals surface area contributed by atoms with Crippen molar-refractivity contribution in [2.75, 3.05) is 20.7 Å². The summed E-state index contributed by atoms with van der Waals surface area (Å²) in [6, 6.07) is 5.10. The number of ether oxygens (including phenoxy) is 2. The lowest BCUT2D eigenvalue weighted by atomic mass is 10.2. The average Bonchev–Trinajstić information content (AvgIpc) is 3.00. The first-order valence-electron chi connectivity index (χ1n) is 8.03. The summed E-state index contributed by atoms with van der Waals surface area (Å²) in [4.78, 5) is 25.7. The van der Waals surface area contributed by atoms with Crippen LogP contribution in [0.15, 0.2) is 30.5 Å². The van der Waals surface area contributed by atoms with Crippen LogP contribution in [-0.2, 0) is 18.4 Å². The Morgan fingerprint density at radius 3 is 2.46 bits per heavy atom. The Balaban J connectivity index is 1.87. The van der Waals surface area contributed by atoms with E-state index in [9.17, 15) is 22.8 Å². The van der Waals surface area contributed by atoms with Gasteiger partial charge >= 0.3 is 6.36 Å². The number of amides is 2. The van der Waals surface area contributed by atoms with Gasteiger partial charge in [0.05, 0.1) is 13.7 Å². The molecule has 0 bridgehead atoms. The Morgan fingerprint density at radius 1 is 1.25 bits per heavy atom. The van der Waals surface area contributed by atoms with Crippen molar-refractivity contribution >= 4 is 11.8 Å². The van der Waals surface area contributed by atoms with Gasteiger partial charge in [-0.3, -0.25) is 14.3 Å². The Kier molecular flexibility index (Phi) is 6.49. The number of benzene rings is 1. The molecular weight excluding hydrogens is 381 g/mol. The number of likely N-dealkylation sites (N-methyl/N-ethyl adjacent to an activating group) is 1. The Hall–Kier alpha value is -3.24. The molecule has 1 heterocycles. The predicted molar refractivity (Wildman–Crippen MR) is 91.7 cm³/mol. The smallest absolute Gasteiger partial charge is 0.479 e. The molecule has 8 nitrogen and oxygen atoms in total. The van der Waals surface area contributed by atoms with Gasteiger partial charge in [0.25, 0.3) is 5.91 Å². The summed E-state index contributed by atoms with van der Waals surface area (Å²) in [5, 5.41) is 6.57. The van der Waals surface area contributed by atoms with Crippen LogP contribution in [0.4, 0.5) is 13.2 Å². The number of carbonyl (C=O) groups is 2. The fourth-order valence-corrected chi connectivity index (χ4v) is 2.32. The number of alkyl halides is 3. The second-order valence-electron chi connectivity index (χ2n) is 5.86. The van der Waals surface area contributed by atoms with Gasteiger partial charge in [0.15, 0.2) is 0 Å². The number of halogens is 3. The van der Waals surface area contributed by atoms with Crippen LogP contribution in [0.1, 0.15) is 15.9 Å². The monoisotopic (exact) mass is 400 g/mol. The summed E-state index contributed by atoms with van der Waals surface area (Å²) in [6.45, 7) is -0.129. The van der Waals surface area contributed by atoms with Crippen molar-refractivity contribution in [2.45, 2.75) is 12.9 Å². The number of carbonyl (C=O) groups excluding carboxylic acids is 2. The second-order valence-corrected chi connectivity index (χ2v) is 5.86. The van der Waals surface area contributed by atoms with Crippen LogP contribution in [0.2, 0.25) is 0 Å². The molecule has 0 radical (unpaired) electrons. The summed E-state index contributed by atoms with van der Waals surface area (Å²) >= 11 is 0. The van der Waals surface area contributed by atoms with Crippen LogP contribution in [0.25, 0.3) is 0 Å². The molecule has 0 saturated heterocycles. The maximum absolute atomic E-state index is 12.4. The molecule has 2 aromatic rings. The molecule has 1 aromatic carbocycles. The summed E-state index contributed by atoms with van der Waals surface area (Å²) in [6.07, 6.45) is -3.27. The number of rotatable bonds is 7. The van der Waals surface area contributed by atoms with E-state index in [1.807, 2.05) is 0 Å². The van der Waals surface area contributed by atoms with Crippen molar-refractivity contribution in [3.63, 3.8) is 0 Å². The van der Waals surface area contributed by atoms with E-state index in [0.717, 1.165) is 12.1 Å². The number of hydrogen-bond donors (Lipinski definition) is 1. The molecule has 1 N–H and O–H groups in total. The molecule has 2 rings (SSSR count). The summed E-state index contributed by atoms with van der Waals surface area (Å²) in [7, 11) is 4.48. The highest BCUT2D eigenvalue weighted by atomic mass is 19.4. The summed E-state index contributed by atoms with van der Waals surface area (Å²) in [5.41, 5.74) is 0.798. The quantitative estimate of drug-likeness (QED) is 0.765. The lowest BCUT2D eigenvalue weighted by molar-refractivity contribution is -0.274. The zero-order valence-electron chi connectivity index (χ0n) is 15.4. The summed E-state index contributed by atoms with van der Waals surface area (Å²) < 4.78 is 46.6. The van der Waals surface area contributed by atoms with Gasteiger partial charge in [0, 0.05) is 26.8 Å². The minimum Gasteiger partial charge on any atom is -0.479 e. The number of aryl methyl sites for hydroxylation is 1. The van der Waals surface area contributed by atoms with Gasteiger partial charge in [-0.2, -0.15) is 0 Å². The molecule has 0 fully saturated rings. The first kappa shape index (κ1) is 21.1. The van der Waals surface area contributed by atoms with Crippen LogP contribution in [0.5, 0.6) is 11.6 Å². The minimum atomic E-state index is -4.76. The van der Waals surface area contributed by atoms with Crippen molar-refractivity contribution in [2.24, 2.45) is 7.05 Å². The lowest BCUT2D eigenvalue weighted by Gasteiger charge is -2.16. The highest BCUT2D eigenvalue weighted by Gasteiger charge is 2.31. The van der Waals surface area contributed by atoms with Gasteiger partial charge in [0.1, 0.15) is 11.3 Å². The topological polar surface area (TPSA) is 85.7 Å². The third kappa shape index (κ3) is 5.89. The van der Waals surface area contributed by atoms with Gasteiger partial charge in [-0.25, -0.2) is 0 Å². The summed E-state index contributed by atoms with van der Waals surface area (Å²) in [5.74, 6) is -1.07. The van der Waals surface area contributed by atoms with E-state index in [-0.39, 0.29) is 30.3 Å². The van der Waals surface area contributed by atoms with Gasteiger partial charge in [-0.15, -0.1) is 18.3 Å². The number of hydrogen-bond acceptors (Lipinski definition) is 5. The molecule has 152 valence electrons. The third-order valence-electron chi connectivity index (χ3n) is 3.59. The SMILES string of the molecule is COc1nn(C)cc1C(=O)N(C)CC(=O)NCc1ccc(OC(F)(F)F)cc1. The molecule has 0 saturated carbocycles. The maximum Gasteiger partial charge on any atom is 0.573 e. The molecule has 0 aliphatic carbocycles. The van der Waals surface area contributed by atoms with Gasteiger partial charge < -0.3 is 19.7 Å². The van der Waals surface area contributed by atoms with Crippen LogP contribution in [0.3, 0.4) is 0 Å². The van der Waals surface area contributed by atoms with Crippen LogP contribution in [-0.4, -0.2) is 53.6 Å². The molecule has 0 spiro atoms. The van der Waals surface area contributed by atoms with Crippen molar-refractivity contribution in [3.8, 4) is 11.6 Å². The molecule has 2 amide bonds. The van der Waals surface area contributed by atoms with E-state index < -0.39 is 18.2 Å². The van der Waals surface area contributed by atoms with Gasteiger partial charge in [-0.1, -0.05) is 12.1 Å². The molecule has 0 aliphatic heterocycles. The Bertz CT molecular complexity index is 834. The first-order valence-corrected chi connectivity index (χ1v) is 8.03. The molecular formula is C17H19F3N4O4. The van der Waals surface area contributed by atoms with Crippen LogP contribution < -0.4 is 14.8 Å². The normalized spacial score (nSPS) is 11.1. The lowest BCUT2D eigenvalue weighted by Crippen LogP contribution is -2.38. The molecule has 0 aliphatic rings. The highest BCUT2D eigenvalue weighted by Crippen LogP contribution is 2.22. The number of nitrogens with one attached hydrogen (secondary N) is 1. The number of methoxy groups -OCH3 is 1. The molecule has 28 heavy (non-hydrogen) atoms. The zero-order valence-corrected chi connectivity index (χ0v) is 15.4. The number of nitrogens with zero attached hydrogens (tertiary/aromatic N) is 3. The zero-order chi connectivity index (χ0) is 20.9. The molecule has 1 aromatic heterocycles. The predicted octanol–water partition coefficient (Wildman–Crippen LogP) is 1.72. The third-order valence-corrected chi connectivity index (χ3v) is 3.59. The van der Waals surface area contributed by atoms with Crippen molar-refractivity contribution in [1.82, 2.24) is 20.0 Å². The van der Waals surface area contributed by atoms with E-state index in [2.05, 4.69) is 15.2 Å². The fraction of sp³-hybridized carbons (Fsp3) is 0.353. The van der Waals surface area contributed by atoms with Crippen molar-refractivity contribution in [1.29, 1.82) is 0 Å². The Morgan fingerprint density at radius 2 is 1.89 bits per heavy atom. The number of aromatic nitrogens is 2. The first-order chi connectivity index (χ1) is 13.1. The van der Waals surface area contributed by atoms with Gasteiger partial charge in [-0.05, 0) is 17.7 Å². The van der Waals surface area contributed by atoms with Crippen molar-refractivity contribution in [3.05, 3.63) is 41.6 Å². The maximum atomic E-state index is 12.4. The molecule has 0 unspecified atom stereocenters.